The lowest BCUT2D eigenvalue weighted by molar-refractivity contribution is 0.481. The molecule has 0 aliphatic rings. The summed E-state index contributed by atoms with van der Waals surface area (Å²) in [5.74, 6) is 0.676. The largest absolute Gasteiger partial charge is 0.324 e. The van der Waals surface area contributed by atoms with Gasteiger partial charge in [0.1, 0.15) is 25.4 Å². The molecule has 0 spiro atoms. The number of nitrogens with one attached hydrogen (secondary N) is 2. The number of aryl methyl sites for hydroxylation is 1. The Morgan fingerprint density at radius 1 is 0.410 bits per heavy atom. The number of aromatic nitrogens is 3. The third-order valence-corrected chi connectivity index (χ3v) is 12.1. The first kappa shape index (κ1) is 42.4. The van der Waals surface area contributed by atoms with Crippen LogP contribution in [0.5, 0.6) is 0 Å². The molecule has 0 aliphatic carbocycles. The fraction of sp³-hybridized carbons (Fsp3) is 0.0278. The third-order valence-electron chi connectivity index (χ3n) is 8.47. The molecule has 0 aliphatic heterocycles. The molecule has 61 heavy (non-hydrogen) atoms. The lowest BCUT2D eigenvalue weighted by Crippen LogP contribution is -2.05. The molecule has 0 atom stereocenters. The number of anilines is 4. The van der Waals surface area contributed by atoms with Crippen molar-refractivity contribution in [1.82, 2.24) is 15.0 Å². The highest BCUT2D eigenvalue weighted by Gasteiger charge is 2.23. The van der Waals surface area contributed by atoms with Crippen molar-refractivity contribution >= 4 is 108 Å². The highest BCUT2D eigenvalue weighted by atomic mass is 32.2. The van der Waals surface area contributed by atoms with Crippen molar-refractivity contribution in [2.75, 3.05) is 10.6 Å². The number of nitrogens with zero attached hydrogens (tertiary/aromatic N) is 7. The van der Waals surface area contributed by atoms with Gasteiger partial charge in [-0.1, -0.05) is 24.3 Å². The van der Waals surface area contributed by atoms with Gasteiger partial charge >= 0.3 is 0 Å². The summed E-state index contributed by atoms with van der Waals surface area (Å²) in [5, 5.41) is 21.5. The Bertz CT molecular complexity index is 3200. The Morgan fingerprint density at radius 2 is 0.754 bits per heavy atom. The molecule has 7 aromatic rings. The zero-order valence-corrected chi connectivity index (χ0v) is 34.0. The van der Waals surface area contributed by atoms with Crippen LogP contribution < -0.4 is 10.6 Å². The first-order chi connectivity index (χ1) is 28.6. The number of rotatable bonds is 12. The van der Waals surface area contributed by atoms with Gasteiger partial charge in [-0.05, 0) is 91.9 Å². The molecular formula is C36H27N9O12S4. The van der Waals surface area contributed by atoms with Crippen LogP contribution in [0.3, 0.4) is 0 Å². The summed E-state index contributed by atoms with van der Waals surface area (Å²) in [5.41, 5.74) is 1.38. The average Bonchev–Trinajstić information content (AvgIpc) is 3.17. The van der Waals surface area contributed by atoms with E-state index in [4.69, 9.17) is 0 Å². The Morgan fingerprint density at radius 3 is 1.10 bits per heavy atom. The molecule has 21 nitrogen and oxygen atoms in total. The van der Waals surface area contributed by atoms with Crippen molar-refractivity contribution < 1.29 is 51.9 Å². The number of azo groups is 2. The molecular weight excluding hydrogens is 879 g/mol. The van der Waals surface area contributed by atoms with Crippen molar-refractivity contribution in [2.24, 2.45) is 20.5 Å². The number of benzene rings is 6. The fourth-order valence-electron chi connectivity index (χ4n) is 5.92. The van der Waals surface area contributed by atoms with E-state index < -0.39 is 60.1 Å². The van der Waals surface area contributed by atoms with Gasteiger partial charge in [0.15, 0.2) is 0 Å². The minimum atomic E-state index is -4.84. The number of hydrogen-bond acceptors (Lipinski definition) is 17. The van der Waals surface area contributed by atoms with E-state index in [1.54, 1.807) is 55.5 Å². The molecule has 0 fully saturated rings. The van der Waals surface area contributed by atoms with E-state index in [1.807, 2.05) is 0 Å². The summed E-state index contributed by atoms with van der Waals surface area (Å²) in [6.07, 6.45) is 0. The van der Waals surface area contributed by atoms with E-state index in [2.05, 4.69) is 46.0 Å². The van der Waals surface area contributed by atoms with Crippen molar-refractivity contribution in [1.29, 1.82) is 0 Å². The summed E-state index contributed by atoms with van der Waals surface area (Å²) in [4.78, 5) is 10.5. The van der Waals surface area contributed by atoms with Gasteiger partial charge in [0.25, 0.3) is 40.5 Å². The van der Waals surface area contributed by atoms with E-state index in [0.717, 1.165) is 24.3 Å². The van der Waals surface area contributed by atoms with Gasteiger partial charge < -0.3 is 10.6 Å². The minimum Gasteiger partial charge on any atom is -0.324 e. The molecule has 25 heteroatoms. The van der Waals surface area contributed by atoms with E-state index in [-0.39, 0.29) is 44.8 Å². The van der Waals surface area contributed by atoms with Gasteiger partial charge in [-0.3, -0.25) is 18.2 Å². The van der Waals surface area contributed by atoms with E-state index >= 15 is 0 Å². The van der Waals surface area contributed by atoms with Gasteiger partial charge in [0.2, 0.25) is 11.9 Å². The maximum Gasteiger partial charge on any atom is 0.295 e. The monoisotopic (exact) mass is 905 g/mol. The number of fused-ring (bicyclic) bond motifs is 2. The smallest absolute Gasteiger partial charge is 0.295 e. The zero-order chi connectivity index (χ0) is 43.9. The second-order valence-corrected chi connectivity index (χ2v) is 18.3. The molecule has 0 radical (unpaired) electrons. The zero-order valence-electron chi connectivity index (χ0n) is 30.7. The molecule has 7 rings (SSSR count). The van der Waals surface area contributed by atoms with Gasteiger partial charge in [-0.25, -0.2) is 0 Å². The maximum absolute atomic E-state index is 12.1. The van der Waals surface area contributed by atoms with Gasteiger partial charge in [0, 0.05) is 32.9 Å². The fourth-order valence-corrected chi connectivity index (χ4v) is 8.76. The SMILES string of the molecule is Cc1nc(Nc2ccc(N=Nc3cc(S(=O)(=O)O)c4cccc(S(=O)(=O)O)c4c3)cc2)nc(Nc2ccc(N=Nc3cc(S(=O)(=O)O)c4cccc(S(=O)(=O)O)c4c3)cc2)n1. The molecule has 6 N–H and O–H groups in total. The molecule has 1 heterocycles. The summed E-state index contributed by atoms with van der Waals surface area (Å²) in [6, 6.07) is 24.2. The summed E-state index contributed by atoms with van der Waals surface area (Å²) >= 11 is 0. The molecule has 0 unspecified atom stereocenters. The summed E-state index contributed by atoms with van der Waals surface area (Å²) in [7, 11) is -19.2. The van der Waals surface area contributed by atoms with Crippen LogP contribution in [0, 0.1) is 6.92 Å². The molecule has 312 valence electrons. The predicted octanol–water partition coefficient (Wildman–Crippen LogP) is 7.79. The Balaban J connectivity index is 1.05. The second-order valence-electron chi connectivity index (χ2n) is 12.8. The van der Waals surface area contributed by atoms with Crippen molar-refractivity contribution in [3.63, 3.8) is 0 Å². The first-order valence-corrected chi connectivity index (χ1v) is 22.7. The quantitative estimate of drug-likeness (QED) is 0.0503. The Kier molecular flexibility index (Phi) is 11.2. The Hall–Kier alpha value is -6.71. The summed E-state index contributed by atoms with van der Waals surface area (Å²) in [6.45, 7) is 1.64. The van der Waals surface area contributed by atoms with E-state index in [1.165, 1.54) is 36.4 Å². The van der Waals surface area contributed by atoms with Crippen LogP contribution in [0.2, 0.25) is 0 Å². The van der Waals surface area contributed by atoms with Crippen LogP contribution >= 0.6 is 0 Å². The van der Waals surface area contributed by atoms with Crippen LogP contribution in [0.15, 0.2) is 149 Å². The first-order valence-electron chi connectivity index (χ1n) is 17.0. The van der Waals surface area contributed by atoms with Crippen LogP contribution in [0.25, 0.3) is 21.5 Å². The van der Waals surface area contributed by atoms with Gasteiger partial charge in [-0.2, -0.15) is 69.1 Å². The standard InChI is InChI=1S/C36H27N9O12S4/c1-20-37-35(39-21-8-12-23(13-9-21)42-44-25-16-29-27(33(18-25)60(52,53)54)4-2-6-31(29)58(46,47)48)41-36(38-20)40-22-10-14-24(15-11-22)43-45-26-17-30-28(34(19-26)61(55,56)57)5-3-7-32(30)59(49,50)51/h2-19H,1H3,(H,46,47,48)(H,49,50,51)(H,52,53,54)(H,55,56,57)(H2,37,38,39,40,41). The van der Waals surface area contributed by atoms with Crippen molar-refractivity contribution in [2.45, 2.75) is 26.5 Å². The van der Waals surface area contributed by atoms with Gasteiger partial charge in [-0.15, -0.1) is 0 Å². The third kappa shape index (κ3) is 9.85. The number of hydrogen-bond donors (Lipinski definition) is 6. The topological polar surface area (TPSA) is 330 Å². The highest BCUT2D eigenvalue weighted by molar-refractivity contribution is 7.87. The van der Waals surface area contributed by atoms with Crippen LogP contribution in [-0.2, 0) is 40.5 Å². The lowest BCUT2D eigenvalue weighted by Gasteiger charge is -2.10. The molecule has 0 saturated heterocycles. The van der Waals surface area contributed by atoms with E-state index in [9.17, 15) is 51.9 Å². The van der Waals surface area contributed by atoms with Crippen LogP contribution in [0.4, 0.5) is 46.0 Å². The second kappa shape index (κ2) is 16.0. The van der Waals surface area contributed by atoms with E-state index in [0.29, 0.717) is 28.6 Å². The van der Waals surface area contributed by atoms with Gasteiger partial charge in [0.05, 0.1) is 22.7 Å². The normalized spacial score (nSPS) is 12.7. The molecule has 1 aromatic heterocycles. The molecule has 0 saturated carbocycles. The highest BCUT2D eigenvalue weighted by Crippen LogP contribution is 2.36. The summed E-state index contributed by atoms with van der Waals surface area (Å²) < 4.78 is 135. The molecule has 0 amide bonds. The van der Waals surface area contributed by atoms with Crippen LogP contribution in [0.1, 0.15) is 5.82 Å². The maximum atomic E-state index is 12.1. The predicted molar refractivity (Wildman–Crippen MR) is 220 cm³/mol. The van der Waals surface area contributed by atoms with Crippen molar-refractivity contribution in [3.8, 4) is 0 Å². The Labute approximate surface area is 346 Å². The molecule has 6 aromatic carbocycles. The average molecular weight is 906 g/mol. The lowest BCUT2D eigenvalue weighted by atomic mass is 10.1. The van der Waals surface area contributed by atoms with Crippen molar-refractivity contribution in [3.05, 3.63) is 115 Å². The molecule has 0 bridgehead atoms. The van der Waals surface area contributed by atoms with Crippen LogP contribution in [-0.4, -0.2) is 66.8 Å². The minimum absolute atomic E-state index is 0.129.